The van der Waals surface area contributed by atoms with E-state index in [1.54, 1.807) is 12.3 Å². The number of nitrogens with one attached hydrogen (secondary N) is 1. The Morgan fingerprint density at radius 2 is 2.11 bits per heavy atom. The average molecular weight is 520 g/mol. The summed E-state index contributed by atoms with van der Waals surface area (Å²) in [5, 5.41) is 14.9. The summed E-state index contributed by atoms with van der Waals surface area (Å²) in [4.78, 5) is 6.54. The number of halogens is 4. The third kappa shape index (κ3) is 4.33. The van der Waals surface area contributed by atoms with Gasteiger partial charge in [-0.3, -0.25) is 4.90 Å². The molecule has 2 aliphatic heterocycles. The quantitative estimate of drug-likeness (QED) is 0.372. The van der Waals surface area contributed by atoms with Gasteiger partial charge in [-0.05, 0) is 30.2 Å². The molecule has 0 spiro atoms. The Balaban J connectivity index is 1.31. The fourth-order valence-corrected chi connectivity index (χ4v) is 4.90. The number of likely N-dealkylation sites (tertiary alicyclic amines) is 1. The minimum Gasteiger partial charge on any atom is -0.479 e. The largest absolute Gasteiger partial charge is 0.479 e. The van der Waals surface area contributed by atoms with E-state index in [0.717, 1.165) is 11.2 Å². The number of hydrogen-bond acceptors (Lipinski definition) is 8. The number of fused-ring (bicyclic) bond motifs is 2. The van der Waals surface area contributed by atoms with E-state index in [0.29, 0.717) is 42.8 Å². The number of aromatic nitrogens is 6. The topological polar surface area (TPSA) is 94.6 Å². The van der Waals surface area contributed by atoms with E-state index in [-0.39, 0.29) is 28.9 Å². The fourth-order valence-electron chi connectivity index (χ4n) is 4.90. The normalized spacial score (nSPS) is 21.1. The van der Waals surface area contributed by atoms with Gasteiger partial charge < -0.3 is 14.8 Å². The molecule has 2 atom stereocenters. The molecular formula is C23H24F4N8O2. The van der Waals surface area contributed by atoms with Gasteiger partial charge in [0.15, 0.2) is 5.82 Å². The van der Waals surface area contributed by atoms with E-state index >= 15 is 0 Å². The third-order valence-corrected chi connectivity index (χ3v) is 6.89. The predicted molar refractivity (Wildman–Crippen MR) is 125 cm³/mol. The minimum atomic E-state index is -2.67. The SMILES string of the molecule is COc1nc(N[C@@H]2CCN(C3COC3)C[C@@H]2F)nn2ccc(-c3cc(F)c4nnn(CC(F)F)c4c3)c12. The van der Waals surface area contributed by atoms with Crippen molar-refractivity contribution in [2.24, 2.45) is 0 Å². The Morgan fingerprint density at radius 1 is 1.27 bits per heavy atom. The van der Waals surface area contributed by atoms with Crippen LogP contribution in [0.5, 0.6) is 5.88 Å². The van der Waals surface area contributed by atoms with Crippen molar-refractivity contribution in [3.63, 3.8) is 0 Å². The Kier molecular flexibility index (Phi) is 6.07. The van der Waals surface area contributed by atoms with Crippen LogP contribution in [0.25, 0.3) is 27.7 Å². The van der Waals surface area contributed by atoms with Crippen molar-refractivity contribution in [3.8, 4) is 17.0 Å². The van der Waals surface area contributed by atoms with E-state index < -0.39 is 31.0 Å². The first-order chi connectivity index (χ1) is 17.9. The van der Waals surface area contributed by atoms with Gasteiger partial charge in [-0.2, -0.15) is 4.98 Å². The Morgan fingerprint density at radius 3 is 2.81 bits per heavy atom. The van der Waals surface area contributed by atoms with Gasteiger partial charge in [0.25, 0.3) is 6.43 Å². The van der Waals surface area contributed by atoms with E-state index in [9.17, 15) is 17.6 Å². The summed E-state index contributed by atoms with van der Waals surface area (Å²) >= 11 is 0. The van der Waals surface area contributed by atoms with Crippen LogP contribution in [-0.4, -0.2) is 92.6 Å². The van der Waals surface area contributed by atoms with Gasteiger partial charge in [-0.15, -0.1) is 10.2 Å². The van der Waals surface area contributed by atoms with Crippen LogP contribution in [-0.2, 0) is 11.3 Å². The molecule has 3 aromatic heterocycles. The van der Waals surface area contributed by atoms with Crippen molar-refractivity contribution in [2.45, 2.75) is 37.6 Å². The lowest BCUT2D eigenvalue weighted by atomic mass is 10.0. The van der Waals surface area contributed by atoms with Gasteiger partial charge in [-0.1, -0.05) is 5.21 Å². The predicted octanol–water partition coefficient (Wildman–Crippen LogP) is 2.78. The molecule has 0 amide bonds. The van der Waals surface area contributed by atoms with Gasteiger partial charge in [0, 0.05) is 24.8 Å². The highest BCUT2D eigenvalue weighted by Gasteiger charge is 2.35. The lowest BCUT2D eigenvalue weighted by Crippen LogP contribution is -2.57. The van der Waals surface area contributed by atoms with Crippen molar-refractivity contribution in [1.29, 1.82) is 0 Å². The Hall–Kier alpha value is -3.52. The summed E-state index contributed by atoms with van der Waals surface area (Å²) in [5.41, 5.74) is 1.40. The van der Waals surface area contributed by atoms with Crippen LogP contribution in [0.3, 0.4) is 0 Å². The third-order valence-electron chi connectivity index (χ3n) is 6.89. The van der Waals surface area contributed by atoms with Crippen LogP contribution in [0.4, 0.5) is 23.5 Å². The molecule has 14 heteroatoms. The highest BCUT2D eigenvalue weighted by Crippen LogP contribution is 2.34. The number of hydrogen-bond donors (Lipinski definition) is 1. The van der Waals surface area contributed by atoms with Crippen LogP contribution in [0, 0.1) is 5.82 Å². The number of rotatable bonds is 7. The second-order valence-electron chi connectivity index (χ2n) is 9.20. The lowest BCUT2D eigenvalue weighted by molar-refractivity contribution is -0.0794. The van der Waals surface area contributed by atoms with Gasteiger partial charge in [-0.25, -0.2) is 26.8 Å². The summed E-state index contributed by atoms with van der Waals surface area (Å²) in [6.07, 6.45) is -1.56. The smallest absolute Gasteiger partial charge is 0.258 e. The van der Waals surface area contributed by atoms with E-state index in [4.69, 9.17) is 9.47 Å². The van der Waals surface area contributed by atoms with Crippen molar-refractivity contribution in [2.75, 3.05) is 38.7 Å². The molecular weight excluding hydrogens is 496 g/mol. The molecule has 10 nitrogen and oxygen atoms in total. The monoisotopic (exact) mass is 520 g/mol. The zero-order valence-corrected chi connectivity index (χ0v) is 19.8. The molecule has 196 valence electrons. The number of anilines is 1. The number of methoxy groups -OCH3 is 1. The molecule has 2 aliphatic rings. The van der Waals surface area contributed by atoms with Crippen LogP contribution in [0.15, 0.2) is 24.4 Å². The van der Waals surface area contributed by atoms with Gasteiger partial charge >= 0.3 is 0 Å². The van der Waals surface area contributed by atoms with Crippen molar-refractivity contribution < 1.29 is 27.0 Å². The first-order valence-electron chi connectivity index (χ1n) is 11.9. The summed E-state index contributed by atoms with van der Waals surface area (Å²) in [7, 11) is 1.44. The Labute approximate surface area is 208 Å². The van der Waals surface area contributed by atoms with Gasteiger partial charge in [0.05, 0.1) is 37.9 Å². The molecule has 1 aromatic carbocycles. The fraction of sp³-hybridized carbons (Fsp3) is 0.478. The van der Waals surface area contributed by atoms with Crippen molar-refractivity contribution in [1.82, 2.24) is 34.5 Å². The summed E-state index contributed by atoms with van der Waals surface area (Å²) in [6.45, 7) is 1.62. The molecule has 2 fully saturated rings. The van der Waals surface area contributed by atoms with E-state index in [2.05, 4.69) is 30.6 Å². The number of nitrogens with zero attached hydrogens (tertiary/aromatic N) is 7. The van der Waals surface area contributed by atoms with E-state index in [1.807, 2.05) is 0 Å². The zero-order chi connectivity index (χ0) is 25.7. The molecule has 1 N–H and O–H groups in total. The van der Waals surface area contributed by atoms with Crippen LogP contribution >= 0.6 is 0 Å². The van der Waals surface area contributed by atoms with Gasteiger partial charge in [0.1, 0.15) is 23.7 Å². The van der Waals surface area contributed by atoms with Crippen molar-refractivity contribution >= 4 is 22.5 Å². The second kappa shape index (κ2) is 9.41. The maximum Gasteiger partial charge on any atom is 0.258 e. The van der Waals surface area contributed by atoms with Crippen LogP contribution < -0.4 is 10.1 Å². The highest BCUT2D eigenvalue weighted by atomic mass is 19.3. The molecule has 0 unspecified atom stereocenters. The lowest BCUT2D eigenvalue weighted by Gasteiger charge is -2.42. The van der Waals surface area contributed by atoms with Crippen LogP contribution in [0.2, 0.25) is 0 Å². The molecule has 0 radical (unpaired) electrons. The molecule has 6 rings (SSSR count). The number of alkyl halides is 3. The first kappa shape index (κ1) is 23.9. The molecule has 5 heterocycles. The average Bonchev–Trinajstić information content (AvgIpc) is 3.43. The summed E-state index contributed by atoms with van der Waals surface area (Å²) in [5.74, 6) is -0.309. The van der Waals surface area contributed by atoms with Crippen LogP contribution in [0.1, 0.15) is 6.42 Å². The molecule has 4 aromatic rings. The zero-order valence-electron chi connectivity index (χ0n) is 19.8. The maximum absolute atomic E-state index is 14.9. The second-order valence-corrected chi connectivity index (χ2v) is 9.20. The number of benzene rings is 1. The van der Waals surface area contributed by atoms with Crippen molar-refractivity contribution in [3.05, 3.63) is 30.2 Å². The Bertz CT molecular complexity index is 1440. The standard InChI is InChI=1S/C23H24F4N8O2/c1-36-22-21-14(12-6-15(24)20-18(7-12)35(32-30-20)9-19(26)27)2-5-34(21)31-23(29-22)28-17-3-4-33(8-16(17)25)13-10-37-11-13/h2,5-7,13,16-17,19H,3-4,8-11H2,1H3,(H,28,31)/t16-,17+/m0/s1. The van der Waals surface area contributed by atoms with Gasteiger partial charge in [0.2, 0.25) is 11.8 Å². The maximum atomic E-state index is 14.9. The number of piperidine rings is 1. The number of ether oxygens (including phenoxy) is 2. The highest BCUT2D eigenvalue weighted by molar-refractivity contribution is 5.89. The summed E-state index contributed by atoms with van der Waals surface area (Å²) in [6, 6.07) is 4.29. The molecule has 0 bridgehead atoms. The molecule has 0 aliphatic carbocycles. The molecule has 37 heavy (non-hydrogen) atoms. The first-order valence-corrected chi connectivity index (χ1v) is 11.9. The minimum absolute atomic E-state index is 0.0979. The molecule has 0 saturated carbocycles. The van der Waals surface area contributed by atoms with E-state index in [1.165, 1.54) is 23.8 Å². The molecule has 2 saturated heterocycles. The summed E-state index contributed by atoms with van der Waals surface area (Å²) < 4.78 is 68.9.